The third-order valence-corrected chi connectivity index (χ3v) is 2.53. The van der Waals surface area contributed by atoms with Crippen molar-refractivity contribution in [2.45, 2.75) is 20.3 Å². The monoisotopic (exact) mass is 245 g/mol. The Morgan fingerprint density at radius 2 is 2.28 bits per heavy atom. The molecule has 0 N–H and O–H groups in total. The summed E-state index contributed by atoms with van der Waals surface area (Å²) in [7, 11) is 0. The summed E-state index contributed by atoms with van der Waals surface area (Å²) < 4.78 is 6.72. The Morgan fingerprint density at radius 1 is 1.44 bits per heavy atom. The number of nitrogens with zero attached hydrogens (tertiary/aromatic N) is 3. The number of pyridine rings is 1. The zero-order valence-electron chi connectivity index (χ0n) is 10.5. The van der Waals surface area contributed by atoms with Crippen LogP contribution in [0, 0.1) is 6.92 Å². The Bertz CT molecular complexity index is 534. The molecule has 5 heteroatoms. The van der Waals surface area contributed by atoms with Gasteiger partial charge in [-0.2, -0.15) is 5.10 Å². The molecule has 2 rings (SSSR count). The van der Waals surface area contributed by atoms with Crippen molar-refractivity contribution in [3.63, 3.8) is 0 Å². The second-order valence-electron chi connectivity index (χ2n) is 3.88. The lowest BCUT2D eigenvalue weighted by Gasteiger charge is -2.04. The van der Waals surface area contributed by atoms with Crippen LogP contribution in [0.4, 0.5) is 0 Å². The fourth-order valence-corrected chi connectivity index (χ4v) is 1.59. The fraction of sp³-hybridized carbons (Fsp3) is 0.308. The molecule has 0 aliphatic rings. The van der Waals surface area contributed by atoms with Crippen molar-refractivity contribution in [3.8, 4) is 5.82 Å². The van der Waals surface area contributed by atoms with Gasteiger partial charge in [0.1, 0.15) is 5.56 Å². The van der Waals surface area contributed by atoms with Crippen molar-refractivity contribution >= 4 is 5.97 Å². The van der Waals surface area contributed by atoms with Crippen LogP contribution >= 0.6 is 0 Å². The van der Waals surface area contributed by atoms with Crippen molar-refractivity contribution in [1.29, 1.82) is 0 Å². The lowest BCUT2D eigenvalue weighted by molar-refractivity contribution is 0.0504. The SMILES string of the molecule is CCCOC(=O)c1cnn(-c2ccccn2)c1C. The Balaban J connectivity index is 2.27. The van der Waals surface area contributed by atoms with E-state index in [1.165, 1.54) is 6.20 Å². The van der Waals surface area contributed by atoms with Gasteiger partial charge in [-0.05, 0) is 25.5 Å². The molecule has 2 aromatic rings. The first-order valence-electron chi connectivity index (χ1n) is 5.87. The maximum absolute atomic E-state index is 11.8. The van der Waals surface area contributed by atoms with Gasteiger partial charge in [0.15, 0.2) is 5.82 Å². The van der Waals surface area contributed by atoms with E-state index in [1.54, 1.807) is 10.9 Å². The van der Waals surface area contributed by atoms with Crippen molar-refractivity contribution in [3.05, 3.63) is 41.9 Å². The molecule has 0 fully saturated rings. The van der Waals surface area contributed by atoms with Crippen molar-refractivity contribution in [2.24, 2.45) is 0 Å². The average Bonchev–Trinajstić information content (AvgIpc) is 2.79. The topological polar surface area (TPSA) is 57.0 Å². The smallest absolute Gasteiger partial charge is 0.341 e. The third kappa shape index (κ3) is 2.40. The van der Waals surface area contributed by atoms with Crippen molar-refractivity contribution in [2.75, 3.05) is 6.61 Å². The van der Waals surface area contributed by atoms with E-state index < -0.39 is 0 Å². The summed E-state index contributed by atoms with van der Waals surface area (Å²) in [4.78, 5) is 16.0. The van der Waals surface area contributed by atoms with Crippen LogP contribution in [-0.4, -0.2) is 27.3 Å². The highest BCUT2D eigenvalue weighted by molar-refractivity contribution is 5.90. The van der Waals surface area contributed by atoms with Crippen molar-refractivity contribution in [1.82, 2.24) is 14.8 Å². The number of aromatic nitrogens is 3. The minimum atomic E-state index is -0.337. The van der Waals surface area contributed by atoms with Crippen molar-refractivity contribution < 1.29 is 9.53 Å². The van der Waals surface area contributed by atoms with Gasteiger partial charge in [0.2, 0.25) is 0 Å². The molecule has 0 aliphatic heterocycles. The second kappa shape index (κ2) is 5.44. The van der Waals surface area contributed by atoms with Gasteiger partial charge in [-0.15, -0.1) is 0 Å². The molecule has 94 valence electrons. The van der Waals surface area contributed by atoms with Crippen LogP contribution in [0.1, 0.15) is 29.4 Å². The molecule has 0 radical (unpaired) electrons. The lowest BCUT2D eigenvalue weighted by atomic mass is 10.2. The molecule has 0 spiro atoms. The molecule has 5 nitrogen and oxygen atoms in total. The summed E-state index contributed by atoms with van der Waals surface area (Å²) in [6.07, 6.45) is 4.01. The maximum atomic E-state index is 11.8. The summed E-state index contributed by atoms with van der Waals surface area (Å²) in [5, 5.41) is 4.17. The highest BCUT2D eigenvalue weighted by Gasteiger charge is 2.16. The number of esters is 1. The number of ether oxygens (including phenoxy) is 1. The second-order valence-corrected chi connectivity index (χ2v) is 3.88. The number of hydrogen-bond donors (Lipinski definition) is 0. The molecule has 0 saturated heterocycles. The first-order chi connectivity index (χ1) is 8.74. The molecular formula is C13H15N3O2. The third-order valence-electron chi connectivity index (χ3n) is 2.53. The van der Waals surface area contributed by atoms with Crippen LogP contribution < -0.4 is 0 Å². The number of rotatable bonds is 4. The predicted molar refractivity (Wildman–Crippen MR) is 66.7 cm³/mol. The fourth-order valence-electron chi connectivity index (χ4n) is 1.59. The van der Waals surface area contributed by atoms with E-state index in [0.717, 1.165) is 12.1 Å². The highest BCUT2D eigenvalue weighted by atomic mass is 16.5. The molecule has 0 amide bonds. The molecule has 2 aromatic heterocycles. The minimum Gasteiger partial charge on any atom is -0.462 e. The standard InChI is InChI=1S/C13H15N3O2/c1-3-8-18-13(17)11-9-15-16(10(11)2)12-6-4-5-7-14-12/h4-7,9H,3,8H2,1-2H3. The Kier molecular flexibility index (Phi) is 3.72. The quantitative estimate of drug-likeness (QED) is 0.774. The van der Waals surface area contributed by atoms with Gasteiger partial charge >= 0.3 is 5.97 Å². The Labute approximate surface area is 105 Å². The molecule has 0 aliphatic carbocycles. The van der Waals surface area contributed by atoms with E-state index in [9.17, 15) is 4.79 Å². The largest absolute Gasteiger partial charge is 0.462 e. The van der Waals surface area contributed by atoms with Gasteiger partial charge in [-0.3, -0.25) is 0 Å². The van der Waals surface area contributed by atoms with E-state index in [0.29, 0.717) is 18.0 Å². The van der Waals surface area contributed by atoms with Gasteiger partial charge in [0.25, 0.3) is 0 Å². The van der Waals surface area contributed by atoms with E-state index in [1.807, 2.05) is 32.0 Å². The Morgan fingerprint density at radius 3 is 2.94 bits per heavy atom. The summed E-state index contributed by atoms with van der Waals surface area (Å²) in [6, 6.07) is 5.54. The van der Waals surface area contributed by atoms with Gasteiger partial charge < -0.3 is 4.74 Å². The summed E-state index contributed by atoms with van der Waals surface area (Å²) in [5.74, 6) is 0.348. The lowest BCUT2D eigenvalue weighted by Crippen LogP contribution is -2.08. The molecular weight excluding hydrogens is 230 g/mol. The number of hydrogen-bond acceptors (Lipinski definition) is 4. The average molecular weight is 245 g/mol. The summed E-state index contributed by atoms with van der Waals surface area (Å²) in [6.45, 7) is 4.20. The van der Waals surface area contributed by atoms with Crippen LogP contribution in [0.3, 0.4) is 0 Å². The van der Waals surface area contributed by atoms with Crippen LogP contribution in [0.15, 0.2) is 30.6 Å². The summed E-state index contributed by atoms with van der Waals surface area (Å²) in [5.41, 5.74) is 1.21. The molecule has 2 heterocycles. The molecule has 18 heavy (non-hydrogen) atoms. The normalized spacial score (nSPS) is 10.3. The number of carbonyl (C=O) groups excluding carboxylic acids is 1. The minimum absolute atomic E-state index is 0.337. The van der Waals surface area contributed by atoms with E-state index in [-0.39, 0.29) is 5.97 Å². The zero-order chi connectivity index (χ0) is 13.0. The van der Waals surface area contributed by atoms with Crippen LogP contribution in [0.5, 0.6) is 0 Å². The van der Waals surface area contributed by atoms with Crippen LogP contribution in [0.25, 0.3) is 5.82 Å². The van der Waals surface area contributed by atoms with Crippen LogP contribution in [0.2, 0.25) is 0 Å². The van der Waals surface area contributed by atoms with E-state index >= 15 is 0 Å². The molecule has 0 bridgehead atoms. The molecule has 0 saturated carbocycles. The Hall–Kier alpha value is -2.17. The van der Waals surface area contributed by atoms with E-state index in [2.05, 4.69) is 10.1 Å². The molecule has 0 atom stereocenters. The number of carbonyl (C=O) groups is 1. The molecule has 0 aromatic carbocycles. The van der Waals surface area contributed by atoms with Crippen LogP contribution in [-0.2, 0) is 4.74 Å². The van der Waals surface area contributed by atoms with Gasteiger partial charge in [0.05, 0.1) is 18.5 Å². The predicted octanol–water partition coefficient (Wildman–Crippen LogP) is 2.14. The van der Waals surface area contributed by atoms with Gasteiger partial charge in [0, 0.05) is 6.20 Å². The summed E-state index contributed by atoms with van der Waals surface area (Å²) >= 11 is 0. The first kappa shape index (κ1) is 12.3. The van der Waals surface area contributed by atoms with Gasteiger partial charge in [-0.25, -0.2) is 14.5 Å². The zero-order valence-corrected chi connectivity index (χ0v) is 10.5. The van der Waals surface area contributed by atoms with Gasteiger partial charge in [-0.1, -0.05) is 13.0 Å². The first-order valence-corrected chi connectivity index (χ1v) is 5.87. The molecule has 0 unspecified atom stereocenters. The maximum Gasteiger partial charge on any atom is 0.341 e. The highest BCUT2D eigenvalue weighted by Crippen LogP contribution is 2.13. The van der Waals surface area contributed by atoms with E-state index in [4.69, 9.17) is 4.74 Å².